The number of hydrogen-bond acceptors (Lipinski definition) is 4. The average molecular weight is 439 g/mol. The van der Waals surface area contributed by atoms with Crippen molar-refractivity contribution < 1.29 is 17.9 Å². The van der Waals surface area contributed by atoms with Gasteiger partial charge in [0.25, 0.3) is 5.91 Å². The molecule has 6 nitrogen and oxygen atoms in total. The van der Waals surface area contributed by atoms with Crippen LogP contribution < -0.4 is 10.1 Å². The Kier molecular flexibility index (Phi) is 7.09. The quantitative estimate of drug-likeness (QED) is 0.533. The van der Waals surface area contributed by atoms with Gasteiger partial charge in [-0.2, -0.15) is 4.31 Å². The number of amides is 1. The molecule has 0 unspecified atom stereocenters. The van der Waals surface area contributed by atoms with Crippen LogP contribution in [0.2, 0.25) is 0 Å². The lowest BCUT2D eigenvalue weighted by Gasteiger charge is -2.20. The van der Waals surface area contributed by atoms with Crippen LogP contribution in [0.5, 0.6) is 11.5 Å². The molecule has 0 aliphatic heterocycles. The molecule has 0 aliphatic rings. The second kappa shape index (κ2) is 9.76. The van der Waals surface area contributed by atoms with Crippen LogP contribution in [0.25, 0.3) is 0 Å². The smallest absolute Gasteiger partial charge is 0.255 e. The summed E-state index contributed by atoms with van der Waals surface area (Å²) < 4.78 is 33.0. The molecule has 0 bridgehead atoms. The topological polar surface area (TPSA) is 75.7 Å². The summed E-state index contributed by atoms with van der Waals surface area (Å²) >= 11 is 0. The number of hydrogen-bond donors (Lipinski definition) is 1. The number of sulfonamides is 1. The summed E-state index contributed by atoms with van der Waals surface area (Å²) in [4.78, 5) is 12.9. The third kappa shape index (κ3) is 5.31. The first kappa shape index (κ1) is 22.5. The summed E-state index contributed by atoms with van der Waals surface area (Å²) in [5, 5.41) is 2.78. The Bertz CT molecular complexity index is 1140. The van der Waals surface area contributed by atoms with Crippen LogP contribution in [0.3, 0.4) is 0 Å². The summed E-state index contributed by atoms with van der Waals surface area (Å²) in [7, 11) is -3.62. The minimum Gasteiger partial charge on any atom is -0.457 e. The largest absolute Gasteiger partial charge is 0.457 e. The van der Waals surface area contributed by atoms with Gasteiger partial charge >= 0.3 is 0 Å². The van der Waals surface area contributed by atoms with Gasteiger partial charge in [-0.25, -0.2) is 8.42 Å². The Hall–Kier alpha value is -3.16. The van der Waals surface area contributed by atoms with Crippen LogP contribution >= 0.6 is 0 Å². The van der Waals surface area contributed by atoms with E-state index in [0.29, 0.717) is 41.4 Å². The lowest BCUT2D eigenvalue weighted by molar-refractivity contribution is 0.102. The Morgan fingerprint density at radius 3 is 2.13 bits per heavy atom. The Balaban J connectivity index is 1.76. The molecule has 0 spiro atoms. The van der Waals surface area contributed by atoms with Crippen molar-refractivity contribution in [3.63, 3.8) is 0 Å². The molecule has 0 aromatic heterocycles. The molecule has 0 saturated heterocycles. The molecule has 1 amide bonds. The first-order valence-corrected chi connectivity index (χ1v) is 11.5. The Morgan fingerprint density at radius 2 is 1.52 bits per heavy atom. The van der Waals surface area contributed by atoms with E-state index in [9.17, 15) is 13.2 Å². The van der Waals surface area contributed by atoms with E-state index in [2.05, 4.69) is 5.32 Å². The van der Waals surface area contributed by atoms with Crippen LogP contribution in [0.4, 0.5) is 5.69 Å². The molecule has 162 valence electrons. The summed E-state index contributed by atoms with van der Waals surface area (Å²) in [5.74, 6) is 0.994. The minimum atomic E-state index is -3.62. The molecule has 3 aromatic rings. The fourth-order valence-electron chi connectivity index (χ4n) is 3.16. The van der Waals surface area contributed by atoms with E-state index >= 15 is 0 Å². The van der Waals surface area contributed by atoms with Crippen LogP contribution in [-0.4, -0.2) is 31.7 Å². The summed E-state index contributed by atoms with van der Waals surface area (Å²) in [6.45, 7) is 6.10. The Labute approximate surface area is 183 Å². The van der Waals surface area contributed by atoms with Gasteiger partial charge in [0.05, 0.1) is 4.90 Å². The zero-order valence-corrected chi connectivity index (χ0v) is 18.6. The molecule has 3 aromatic carbocycles. The van der Waals surface area contributed by atoms with Gasteiger partial charge < -0.3 is 10.1 Å². The predicted octanol–water partition coefficient (Wildman–Crippen LogP) is 5.07. The fourth-order valence-corrected chi connectivity index (χ4v) is 4.87. The molecule has 0 atom stereocenters. The zero-order valence-electron chi connectivity index (χ0n) is 17.8. The van der Waals surface area contributed by atoms with Crippen LogP contribution in [-0.2, 0) is 10.0 Å². The highest BCUT2D eigenvalue weighted by Gasteiger charge is 2.24. The molecule has 3 rings (SSSR count). The van der Waals surface area contributed by atoms with Gasteiger partial charge in [0.1, 0.15) is 11.5 Å². The third-order valence-corrected chi connectivity index (χ3v) is 7.06. The van der Waals surface area contributed by atoms with Gasteiger partial charge in [0.15, 0.2) is 0 Å². The first-order chi connectivity index (χ1) is 14.8. The van der Waals surface area contributed by atoms with Crippen molar-refractivity contribution in [2.75, 3.05) is 18.4 Å². The van der Waals surface area contributed by atoms with Gasteiger partial charge in [-0.05, 0) is 61.0 Å². The van der Waals surface area contributed by atoms with Crippen molar-refractivity contribution in [1.82, 2.24) is 4.31 Å². The molecule has 31 heavy (non-hydrogen) atoms. The third-order valence-electron chi connectivity index (χ3n) is 4.86. The van der Waals surface area contributed by atoms with Crippen molar-refractivity contribution in [1.29, 1.82) is 0 Å². The minimum absolute atomic E-state index is 0.195. The summed E-state index contributed by atoms with van der Waals surface area (Å²) in [5.41, 5.74) is 1.49. The second-order valence-electron chi connectivity index (χ2n) is 6.96. The van der Waals surface area contributed by atoms with E-state index < -0.39 is 10.0 Å². The molecule has 0 saturated carbocycles. The number of anilines is 1. The van der Waals surface area contributed by atoms with Gasteiger partial charge in [-0.3, -0.25) is 4.79 Å². The molecular weight excluding hydrogens is 412 g/mol. The lowest BCUT2D eigenvalue weighted by Crippen LogP contribution is -2.31. The van der Waals surface area contributed by atoms with Crippen molar-refractivity contribution in [3.05, 3.63) is 83.9 Å². The molecule has 0 heterocycles. The van der Waals surface area contributed by atoms with Crippen LogP contribution in [0.15, 0.2) is 77.7 Å². The highest BCUT2D eigenvalue weighted by Crippen LogP contribution is 2.25. The SMILES string of the molecule is CCN(CC)S(=O)(=O)c1cc(NC(=O)c2ccc(Oc3ccccc3)cc2)ccc1C. The molecule has 7 heteroatoms. The standard InChI is InChI=1S/C24H26N2O4S/c1-4-26(5-2)31(28,29)23-17-20(14-11-18(23)3)25-24(27)19-12-15-22(16-13-19)30-21-9-7-6-8-10-21/h6-17H,4-5H2,1-3H3,(H,25,27). The van der Waals surface area contributed by atoms with Crippen molar-refractivity contribution >= 4 is 21.6 Å². The molecule has 0 aliphatic carbocycles. The van der Waals surface area contributed by atoms with Crippen molar-refractivity contribution in [3.8, 4) is 11.5 Å². The van der Waals surface area contributed by atoms with Gasteiger partial charge in [0.2, 0.25) is 10.0 Å². The van der Waals surface area contributed by atoms with Crippen LogP contribution in [0, 0.1) is 6.92 Å². The van der Waals surface area contributed by atoms with Crippen LogP contribution in [0.1, 0.15) is 29.8 Å². The van der Waals surface area contributed by atoms with Gasteiger partial charge in [-0.15, -0.1) is 0 Å². The number of benzene rings is 3. The number of nitrogens with zero attached hydrogens (tertiary/aromatic N) is 1. The average Bonchev–Trinajstić information content (AvgIpc) is 2.77. The second-order valence-corrected chi connectivity index (χ2v) is 8.87. The summed E-state index contributed by atoms with van der Waals surface area (Å²) in [6.07, 6.45) is 0. The zero-order chi connectivity index (χ0) is 22.4. The maximum Gasteiger partial charge on any atom is 0.255 e. The maximum absolute atomic E-state index is 12.9. The maximum atomic E-state index is 12.9. The number of rotatable bonds is 8. The van der Waals surface area contributed by atoms with E-state index in [1.165, 1.54) is 10.4 Å². The monoisotopic (exact) mass is 438 g/mol. The highest BCUT2D eigenvalue weighted by atomic mass is 32.2. The number of aryl methyl sites for hydroxylation is 1. The van der Waals surface area contributed by atoms with E-state index in [-0.39, 0.29) is 10.8 Å². The van der Waals surface area contributed by atoms with E-state index in [0.717, 1.165) is 0 Å². The number of ether oxygens (including phenoxy) is 1. The van der Waals surface area contributed by atoms with E-state index in [1.807, 2.05) is 30.3 Å². The number of carbonyl (C=O) groups is 1. The van der Waals surface area contributed by atoms with Crippen molar-refractivity contribution in [2.24, 2.45) is 0 Å². The first-order valence-electron chi connectivity index (χ1n) is 10.1. The highest BCUT2D eigenvalue weighted by molar-refractivity contribution is 7.89. The molecule has 1 N–H and O–H groups in total. The molecular formula is C24H26N2O4S. The van der Waals surface area contributed by atoms with Crippen molar-refractivity contribution in [2.45, 2.75) is 25.7 Å². The van der Waals surface area contributed by atoms with Gasteiger partial charge in [-0.1, -0.05) is 38.1 Å². The number of para-hydroxylation sites is 1. The number of nitrogens with one attached hydrogen (secondary N) is 1. The number of carbonyl (C=O) groups excluding carboxylic acids is 1. The molecule has 0 radical (unpaired) electrons. The van der Waals surface area contributed by atoms with E-state index in [4.69, 9.17) is 4.74 Å². The predicted molar refractivity (Wildman–Crippen MR) is 122 cm³/mol. The summed E-state index contributed by atoms with van der Waals surface area (Å²) in [6, 6.07) is 21.0. The fraction of sp³-hybridized carbons (Fsp3) is 0.208. The van der Waals surface area contributed by atoms with Gasteiger partial charge in [0, 0.05) is 24.3 Å². The lowest BCUT2D eigenvalue weighted by atomic mass is 10.2. The normalized spacial score (nSPS) is 11.4. The van der Waals surface area contributed by atoms with E-state index in [1.54, 1.807) is 57.2 Å². The molecule has 0 fully saturated rings. The Morgan fingerprint density at radius 1 is 0.903 bits per heavy atom.